The summed E-state index contributed by atoms with van der Waals surface area (Å²) in [7, 11) is 2.07. The molecule has 0 spiro atoms. The molecule has 2 heterocycles. The lowest BCUT2D eigenvalue weighted by molar-refractivity contribution is -0.125. The predicted molar refractivity (Wildman–Crippen MR) is 74.0 cm³/mol. The van der Waals surface area contributed by atoms with Gasteiger partial charge >= 0.3 is 0 Å². The van der Waals surface area contributed by atoms with Gasteiger partial charge in [0, 0.05) is 32.1 Å². The van der Waals surface area contributed by atoms with Crippen molar-refractivity contribution in [2.45, 2.75) is 19.3 Å². The topological polar surface area (TPSA) is 42.4 Å². The van der Waals surface area contributed by atoms with Crippen molar-refractivity contribution < 1.29 is 9.53 Å². The maximum atomic E-state index is 11.4. The van der Waals surface area contributed by atoms with Crippen molar-refractivity contribution in [2.75, 3.05) is 33.4 Å². The first-order chi connectivity index (χ1) is 9.24. The van der Waals surface area contributed by atoms with Gasteiger partial charge in [0.05, 0.1) is 12.0 Å². The Morgan fingerprint density at radius 3 is 2.89 bits per heavy atom. The van der Waals surface area contributed by atoms with Crippen molar-refractivity contribution in [3.05, 3.63) is 30.1 Å². The molecular weight excluding hydrogens is 240 g/mol. The van der Waals surface area contributed by atoms with Crippen molar-refractivity contribution in [2.24, 2.45) is 5.41 Å². The summed E-state index contributed by atoms with van der Waals surface area (Å²) in [4.78, 5) is 17.6. The summed E-state index contributed by atoms with van der Waals surface area (Å²) >= 11 is 0. The molecule has 0 aliphatic carbocycles. The monoisotopic (exact) mass is 262 g/mol. The molecule has 0 bridgehead atoms. The molecule has 1 aliphatic heterocycles. The average Bonchev–Trinajstić information content (AvgIpc) is 2.47. The standard InChI is InChI=1S/C15H22N2O2/c1-17(9-5-14-3-7-16-8-4-14)11-15(12-18)6-2-10-19-13-15/h3-4,7-8,12H,2,5-6,9-11,13H2,1H3. The molecule has 104 valence electrons. The number of carbonyl (C=O) groups excluding carboxylic acids is 1. The summed E-state index contributed by atoms with van der Waals surface area (Å²) in [6.07, 6.45) is 7.63. The molecule has 0 amide bonds. The second-order valence-electron chi connectivity index (χ2n) is 5.48. The van der Waals surface area contributed by atoms with Crippen LogP contribution in [0.4, 0.5) is 0 Å². The van der Waals surface area contributed by atoms with Crippen molar-refractivity contribution in [3.8, 4) is 0 Å². The van der Waals surface area contributed by atoms with Gasteiger partial charge in [0.2, 0.25) is 0 Å². The molecule has 1 aromatic rings. The summed E-state index contributed by atoms with van der Waals surface area (Å²) in [5.41, 5.74) is 0.979. The number of aromatic nitrogens is 1. The summed E-state index contributed by atoms with van der Waals surface area (Å²) in [5.74, 6) is 0. The molecule has 1 aromatic heterocycles. The molecular formula is C15H22N2O2. The van der Waals surface area contributed by atoms with Gasteiger partial charge < -0.3 is 14.4 Å². The number of aldehydes is 1. The van der Waals surface area contributed by atoms with Gasteiger partial charge in [0.25, 0.3) is 0 Å². The van der Waals surface area contributed by atoms with Crippen molar-refractivity contribution in [1.82, 2.24) is 9.88 Å². The highest BCUT2D eigenvalue weighted by molar-refractivity contribution is 5.60. The van der Waals surface area contributed by atoms with Crippen LogP contribution >= 0.6 is 0 Å². The number of hydrogen-bond donors (Lipinski definition) is 0. The van der Waals surface area contributed by atoms with E-state index < -0.39 is 0 Å². The van der Waals surface area contributed by atoms with Crippen LogP contribution in [0.15, 0.2) is 24.5 Å². The highest BCUT2D eigenvalue weighted by atomic mass is 16.5. The van der Waals surface area contributed by atoms with E-state index in [1.54, 1.807) is 0 Å². The number of pyridine rings is 1. The number of carbonyl (C=O) groups is 1. The molecule has 19 heavy (non-hydrogen) atoms. The van der Waals surface area contributed by atoms with Crippen molar-refractivity contribution in [1.29, 1.82) is 0 Å². The van der Waals surface area contributed by atoms with Crippen LogP contribution in [0.1, 0.15) is 18.4 Å². The Balaban J connectivity index is 1.82. The van der Waals surface area contributed by atoms with Gasteiger partial charge in [-0.05, 0) is 44.0 Å². The lowest BCUT2D eigenvalue weighted by Crippen LogP contribution is -2.43. The fourth-order valence-corrected chi connectivity index (χ4v) is 2.61. The number of rotatable bonds is 6. The van der Waals surface area contributed by atoms with E-state index in [-0.39, 0.29) is 5.41 Å². The normalized spacial score (nSPS) is 23.5. The Kier molecular flexibility index (Phi) is 5.05. The van der Waals surface area contributed by atoms with Crippen LogP contribution in [0.25, 0.3) is 0 Å². The van der Waals surface area contributed by atoms with E-state index in [2.05, 4.69) is 16.9 Å². The second kappa shape index (κ2) is 6.78. The second-order valence-corrected chi connectivity index (χ2v) is 5.48. The maximum Gasteiger partial charge on any atom is 0.129 e. The van der Waals surface area contributed by atoms with Gasteiger partial charge in [0.15, 0.2) is 0 Å². The molecule has 4 nitrogen and oxygen atoms in total. The van der Waals surface area contributed by atoms with E-state index in [9.17, 15) is 4.79 Å². The third-order valence-electron chi connectivity index (χ3n) is 3.72. The van der Waals surface area contributed by atoms with Gasteiger partial charge in [-0.1, -0.05) is 0 Å². The van der Waals surface area contributed by atoms with Gasteiger partial charge in [-0.25, -0.2) is 0 Å². The van der Waals surface area contributed by atoms with E-state index in [1.165, 1.54) is 5.56 Å². The summed E-state index contributed by atoms with van der Waals surface area (Å²) in [6.45, 7) is 3.08. The molecule has 1 aliphatic rings. The number of hydrogen-bond acceptors (Lipinski definition) is 4. The van der Waals surface area contributed by atoms with Crippen LogP contribution in [-0.4, -0.2) is 49.5 Å². The molecule has 1 atom stereocenters. The van der Waals surface area contributed by atoms with Crippen LogP contribution in [0.5, 0.6) is 0 Å². The van der Waals surface area contributed by atoms with Crippen LogP contribution in [-0.2, 0) is 16.0 Å². The summed E-state index contributed by atoms with van der Waals surface area (Å²) < 4.78 is 5.47. The quantitative estimate of drug-likeness (QED) is 0.730. The largest absolute Gasteiger partial charge is 0.380 e. The smallest absolute Gasteiger partial charge is 0.129 e. The Bertz CT molecular complexity index is 388. The van der Waals surface area contributed by atoms with E-state index in [0.29, 0.717) is 6.61 Å². The molecule has 0 saturated carbocycles. The molecule has 2 rings (SSSR count). The van der Waals surface area contributed by atoms with E-state index >= 15 is 0 Å². The van der Waals surface area contributed by atoms with Crippen molar-refractivity contribution >= 4 is 6.29 Å². The number of likely N-dealkylation sites (N-methyl/N-ethyl adjacent to an activating group) is 1. The van der Waals surface area contributed by atoms with E-state index in [4.69, 9.17) is 4.74 Å². The molecule has 1 unspecified atom stereocenters. The zero-order valence-corrected chi connectivity index (χ0v) is 11.5. The molecule has 0 aromatic carbocycles. The minimum absolute atomic E-state index is 0.300. The van der Waals surface area contributed by atoms with Gasteiger partial charge in [-0.15, -0.1) is 0 Å². The SMILES string of the molecule is CN(CCc1ccncc1)CC1(C=O)CCCOC1. The fraction of sp³-hybridized carbons (Fsp3) is 0.600. The Hall–Kier alpha value is -1.26. The third kappa shape index (κ3) is 4.11. The summed E-state index contributed by atoms with van der Waals surface area (Å²) in [5, 5.41) is 0. The average molecular weight is 262 g/mol. The van der Waals surface area contributed by atoms with E-state index in [1.807, 2.05) is 24.5 Å². The number of nitrogens with zero attached hydrogens (tertiary/aromatic N) is 2. The molecule has 0 N–H and O–H groups in total. The lowest BCUT2D eigenvalue weighted by atomic mass is 9.83. The zero-order valence-electron chi connectivity index (χ0n) is 11.5. The number of ether oxygens (including phenoxy) is 1. The van der Waals surface area contributed by atoms with Crippen LogP contribution < -0.4 is 0 Å². The first kappa shape index (κ1) is 14.2. The fourth-order valence-electron chi connectivity index (χ4n) is 2.61. The Labute approximate surface area is 114 Å². The molecule has 0 radical (unpaired) electrons. The highest BCUT2D eigenvalue weighted by Crippen LogP contribution is 2.27. The third-order valence-corrected chi connectivity index (χ3v) is 3.72. The first-order valence-electron chi connectivity index (χ1n) is 6.86. The molecule has 1 saturated heterocycles. The van der Waals surface area contributed by atoms with Gasteiger partial charge in [-0.3, -0.25) is 4.98 Å². The van der Waals surface area contributed by atoms with Gasteiger partial charge in [-0.2, -0.15) is 0 Å². The van der Waals surface area contributed by atoms with Crippen LogP contribution in [0, 0.1) is 5.41 Å². The lowest BCUT2D eigenvalue weighted by Gasteiger charge is -2.35. The van der Waals surface area contributed by atoms with Gasteiger partial charge in [0.1, 0.15) is 6.29 Å². The minimum Gasteiger partial charge on any atom is -0.380 e. The van der Waals surface area contributed by atoms with Crippen molar-refractivity contribution in [3.63, 3.8) is 0 Å². The minimum atomic E-state index is -0.300. The zero-order chi connectivity index (χ0) is 13.6. The molecule has 4 heteroatoms. The summed E-state index contributed by atoms with van der Waals surface area (Å²) in [6, 6.07) is 4.07. The van der Waals surface area contributed by atoms with E-state index in [0.717, 1.165) is 45.2 Å². The first-order valence-corrected chi connectivity index (χ1v) is 6.86. The predicted octanol–water partition coefficient (Wildman–Crippen LogP) is 1.55. The highest BCUT2D eigenvalue weighted by Gasteiger charge is 2.33. The molecule has 1 fully saturated rings. The maximum absolute atomic E-state index is 11.4. The Morgan fingerprint density at radius 1 is 1.47 bits per heavy atom. The van der Waals surface area contributed by atoms with Crippen LogP contribution in [0.2, 0.25) is 0 Å². The Morgan fingerprint density at radius 2 is 2.26 bits per heavy atom. The van der Waals surface area contributed by atoms with Crippen LogP contribution in [0.3, 0.4) is 0 Å².